The number of halogens is 2. The van der Waals surface area contributed by atoms with Gasteiger partial charge in [-0.1, -0.05) is 32.9 Å². The second-order valence-corrected chi connectivity index (χ2v) is 5.53. The first-order valence-corrected chi connectivity index (χ1v) is 5.72. The third-order valence-electron chi connectivity index (χ3n) is 2.52. The Kier molecular flexibility index (Phi) is 4.15. The molecule has 2 heteroatoms. The fourth-order valence-electron chi connectivity index (χ4n) is 1.42. The largest absolute Gasteiger partial charge is 0.207 e. The van der Waals surface area contributed by atoms with Gasteiger partial charge in [0, 0.05) is 5.38 Å². The van der Waals surface area contributed by atoms with Gasteiger partial charge in [0.05, 0.1) is 0 Å². The lowest BCUT2D eigenvalue weighted by Gasteiger charge is -2.25. The fourth-order valence-corrected chi connectivity index (χ4v) is 1.53. The third kappa shape index (κ3) is 4.21. The molecule has 0 nitrogen and oxygen atoms in total. The monoisotopic (exact) mass is 228 g/mol. The zero-order valence-corrected chi connectivity index (χ0v) is 10.3. The van der Waals surface area contributed by atoms with Gasteiger partial charge < -0.3 is 0 Å². The van der Waals surface area contributed by atoms with Crippen molar-refractivity contribution in [2.75, 3.05) is 0 Å². The second kappa shape index (κ2) is 4.98. The van der Waals surface area contributed by atoms with E-state index in [1.54, 1.807) is 12.1 Å². The Morgan fingerprint density at radius 3 is 2.53 bits per heavy atom. The minimum absolute atomic E-state index is 0.106. The number of alkyl halides is 1. The summed E-state index contributed by atoms with van der Waals surface area (Å²) in [6.07, 6.45) is 1.72. The van der Waals surface area contributed by atoms with Crippen molar-refractivity contribution in [1.29, 1.82) is 0 Å². The quantitative estimate of drug-likeness (QED) is 0.673. The summed E-state index contributed by atoms with van der Waals surface area (Å²) in [6.45, 7) is 6.36. The molecule has 1 rings (SSSR count). The highest BCUT2D eigenvalue weighted by Gasteiger charge is 2.21. The third-order valence-corrected chi connectivity index (χ3v) is 3.39. The van der Waals surface area contributed by atoms with Crippen molar-refractivity contribution in [3.05, 3.63) is 35.6 Å². The predicted octanol–water partition coefficient (Wildman–Crippen LogP) is 4.41. The van der Waals surface area contributed by atoms with Crippen LogP contribution in [0.4, 0.5) is 4.39 Å². The SMILES string of the molecule is CC(C)(C)C(Cl)CCc1cccc(F)c1. The maximum absolute atomic E-state index is 12.9. The van der Waals surface area contributed by atoms with E-state index in [1.807, 2.05) is 6.07 Å². The molecule has 0 N–H and O–H groups in total. The lowest BCUT2D eigenvalue weighted by atomic mass is 9.88. The van der Waals surface area contributed by atoms with E-state index in [0.717, 1.165) is 18.4 Å². The van der Waals surface area contributed by atoms with Crippen LogP contribution in [0.5, 0.6) is 0 Å². The Balaban J connectivity index is 2.51. The van der Waals surface area contributed by atoms with Crippen LogP contribution >= 0.6 is 11.6 Å². The van der Waals surface area contributed by atoms with Crippen LogP contribution in [0.15, 0.2) is 24.3 Å². The minimum Gasteiger partial charge on any atom is -0.207 e. The fraction of sp³-hybridized carbons (Fsp3) is 0.538. The molecule has 0 heterocycles. The van der Waals surface area contributed by atoms with E-state index < -0.39 is 0 Å². The van der Waals surface area contributed by atoms with E-state index in [2.05, 4.69) is 20.8 Å². The van der Waals surface area contributed by atoms with Crippen LogP contribution in [-0.4, -0.2) is 5.38 Å². The van der Waals surface area contributed by atoms with Crippen LogP contribution in [0, 0.1) is 11.2 Å². The second-order valence-electron chi connectivity index (χ2n) is 5.00. The Morgan fingerprint density at radius 2 is 2.00 bits per heavy atom. The smallest absolute Gasteiger partial charge is 0.123 e. The molecule has 1 unspecified atom stereocenters. The Hall–Kier alpha value is -0.560. The molecule has 15 heavy (non-hydrogen) atoms. The molecule has 0 bridgehead atoms. The average Bonchev–Trinajstić information content (AvgIpc) is 2.12. The Labute approximate surface area is 96.5 Å². The molecule has 0 spiro atoms. The van der Waals surface area contributed by atoms with Crippen molar-refractivity contribution in [2.45, 2.75) is 39.0 Å². The predicted molar refractivity (Wildman–Crippen MR) is 63.8 cm³/mol. The minimum atomic E-state index is -0.172. The zero-order chi connectivity index (χ0) is 11.5. The summed E-state index contributed by atoms with van der Waals surface area (Å²) >= 11 is 6.25. The zero-order valence-electron chi connectivity index (χ0n) is 9.56. The van der Waals surface area contributed by atoms with E-state index in [4.69, 9.17) is 11.6 Å². The first-order valence-electron chi connectivity index (χ1n) is 5.28. The van der Waals surface area contributed by atoms with Gasteiger partial charge in [-0.3, -0.25) is 0 Å². The van der Waals surface area contributed by atoms with Crippen molar-refractivity contribution in [3.63, 3.8) is 0 Å². The van der Waals surface area contributed by atoms with Gasteiger partial charge in [-0.15, -0.1) is 11.6 Å². The van der Waals surface area contributed by atoms with Crippen LogP contribution in [0.25, 0.3) is 0 Å². The van der Waals surface area contributed by atoms with Crippen molar-refractivity contribution in [3.8, 4) is 0 Å². The van der Waals surface area contributed by atoms with Crippen LogP contribution in [0.2, 0.25) is 0 Å². The van der Waals surface area contributed by atoms with Crippen LogP contribution in [0.3, 0.4) is 0 Å². The van der Waals surface area contributed by atoms with Gasteiger partial charge in [-0.05, 0) is 36.0 Å². The molecule has 0 saturated heterocycles. The average molecular weight is 229 g/mol. The molecule has 1 aromatic rings. The summed E-state index contributed by atoms with van der Waals surface area (Å²) in [5.41, 5.74) is 1.12. The number of rotatable bonds is 3. The van der Waals surface area contributed by atoms with Gasteiger partial charge in [0.25, 0.3) is 0 Å². The van der Waals surface area contributed by atoms with E-state index in [0.29, 0.717) is 0 Å². The lowest BCUT2D eigenvalue weighted by molar-refractivity contribution is 0.374. The first kappa shape index (κ1) is 12.5. The molecule has 0 fully saturated rings. The number of aryl methyl sites for hydroxylation is 1. The molecule has 0 amide bonds. The molecule has 0 radical (unpaired) electrons. The van der Waals surface area contributed by atoms with Gasteiger partial charge in [-0.2, -0.15) is 0 Å². The molecule has 0 aliphatic heterocycles. The highest BCUT2D eigenvalue weighted by molar-refractivity contribution is 6.21. The maximum atomic E-state index is 12.9. The topological polar surface area (TPSA) is 0 Å². The highest BCUT2D eigenvalue weighted by Crippen LogP contribution is 2.28. The molecule has 0 aromatic heterocycles. The molecular formula is C13H18ClF. The molecular weight excluding hydrogens is 211 g/mol. The summed E-state index contributed by atoms with van der Waals surface area (Å²) in [6, 6.07) is 6.72. The standard InChI is InChI=1S/C13H18ClF/c1-13(2,3)12(14)8-7-10-5-4-6-11(15)9-10/h4-6,9,12H,7-8H2,1-3H3. The number of hydrogen-bond acceptors (Lipinski definition) is 0. The summed E-state index contributed by atoms with van der Waals surface area (Å²) in [5.74, 6) is -0.172. The van der Waals surface area contributed by atoms with Gasteiger partial charge >= 0.3 is 0 Å². The van der Waals surface area contributed by atoms with Crippen LogP contribution in [-0.2, 0) is 6.42 Å². The van der Waals surface area contributed by atoms with Crippen molar-refractivity contribution >= 4 is 11.6 Å². The molecule has 84 valence electrons. The first-order chi connectivity index (χ1) is 6.89. The number of benzene rings is 1. The molecule has 0 aliphatic rings. The van der Waals surface area contributed by atoms with E-state index >= 15 is 0 Å². The molecule has 0 saturated carbocycles. The Bertz CT molecular complexity index is 315. The van der Waals surface area contributed by atoms with Gasteiger partial charge in [0.15, 0.2) is 0 Å². The van der Waals surface area contributed by atoms with Crippen molar-refractivity contribution in [1.82, 2.24) is 0 Å². The van der Waals surface area contributed by atoms with Gasteiger partial charge in [0.1, 0.15) is 5.82 Å². The van der Waals surface area contributed by atoms with Gasteiger partial charge in [0.2, 0.25) is 0 Å². The Morgan fingerprint density at radius 1 is 1.33 bits per heavy atom. The summed E-state index contributed by atoms with van der Waals surface area (Å²) in [4.78, 5) is 0. The van der Waals surface area contributed by atoms with Crippen molar-refractivity contribution < 1.29 is 4.39 Å². The summed E-state index contributed by atoms with van der Waals surface area (Å²) in [7, 11) is 0. The van der Waals surface area contributed by atoms with Crippen LogP contribution < -0.4 is 0 Å². The normalized spacial score (nSPS) is 13.9. The van der Waals surface area contributed by atoms with E-state index in [1.165, 1.54) is 6.07 Å². The number of hydrogen-bond donors (Lipinski definition) is 0. The molecule has 1 atom stereocenters. The van der Waals surface area contributed by atoms with Crippen molar-refractivity contribution in [2.24, 2.45) is 5.41 Å². The van der Waals surface area contributed by atoms with Gasteiger partial charge in [-0.25, -0.2) is 4.39 Å². The lowest BCUT2D eigenvalue weighted by Crippen LogP contribution is -2.21. The summed E-state index contributed by atoms with van der Waals surface area (Å²) < 4.78 is 12.9. The highest BCUT2D eigenvalue weighted by atomic mass is 35.5. The summed E-state index contributed by atoms with van der Waals surface area (Å²) in [5, 5.41) is 0.126. The van der Waals surface area contributed by atoms with E-state index in [9.17, 15) is 4.39 Å². The van der Waals surface area contributed by atoms with E-state index in [-0.39, 0.29) is 16.6 Å². The molecule has 1 aromatic carbocycles. The maximum Gasteiger partial charge on any atom is 0.123 e. The van der Waals surface area contributed by atoms with Crippen LogP contribution in [0.1, 0.15) is 32.8 Å². The molecule has 0 aliphatic carbocycles.